The summed E-state index contributed by atoms with van der Waals surface area (Å²) in [6.07, 6.45) is 0. The quantitative estimate of drug-likeness (QED) is 0.156. The lowest BCUT2D eigenvalue weighted by molar-refractivity contribution is 1.30. The van der Waals surface area contributed by atoms with Gasteiger partial charge in [0.15, 0.2) is 0 Å². The van der Waals surface area contributed by atoms with Crippen LogP contribution in [0.5, 0.6) is 0 Å². The van der Waals surface area contributed by atoms with Gasteiger partial charge in [0.25, 0.3) is 0 Å². The van der Waals surface area contributed by atoms with E-state index < -0.39 is 124 Å². The Hall–Kier alpha value is -7.26. The molecule has 11 rings (SSSR count). The number of hydrogen-bond donors (Lipinski definition) is 0. The van der Waals surface area contributed by atoms with Crippen molar-refractivity contribution in [3.63, 3.8) is 0 Å². The first-order valence-electron chi connectivity index (χ1n) is 26.1. The molecule has 0 N–H and O–H groups in total. The number of anilines is 3. The highest BCUT2D eigenvalue weighted by molar-refractivity contribution is 7.27. The van der Waals surface area contributed by atoms with Crippen molar-refractivity contribution in [2.45, 2.75) is 0 Å². The maximum absolute atomic E-state index is 9.81. The second-order valence-corrected chi connectivity index (χ2v) is 14.7. The van der Waals surface area contributed by atoms with E-state index in [0.717, 1.165) is 53.2 Å². The van der Waals surface area contributed by atoms with E-state index in [1.807, 2.05) is 109 Å². The summed E-state index contributed by atoms with van der Waals surface area (Å²) in [7, 11) is 0. The van der Waals surface area contributed by atoms with Crippen molar-refractivity contribution in [3.8, 4) is 44.5 Å². The lowest BCUT2D eigenvalue weighted by atomic mass is 9.94. The molecule has 1 aromatic heterocycles. The lowest BCUT2D eigenvalue weighted by Crippen LogP contribution is -2.10. The van der Waals surface area contributed by atoms with Gasteiger partial charge in [0.1, 0.15) is 0 Å². The van der Waals surface area contributed by atoms with Crippen LogP contribution >= 0.6 is 11.3 Å². The molecule has 1 nitrogen and oxygen atoms in total. The third-order valence-corrected chi connectivity index (χ3v) is 11.5. The van der Waals surface area contributed by atoms with Gasteiger partial charge in [-0.3, -0.25) is 0 Å². The van der Waals surface area contributed by atoms with Crippen LogP contribution in [0.2, 0.25) is 0 Å². The molecule has 0 unspecified atom stereocenters. The predicted molar refractivity (Wildman–Crippen MR) is 251 cm³/mol. The van der Waals surface area contributed by atoms with E-state index in [9.17, 15) is 9.60 Å². The van der Waals surface area contributed by atoms with Crippen molar-refractivity contribution < 1.29 is 20.6 Å². The van der Waals surface area contributed by atoms with Crippen LogP contribution in [0.25, 0.3) is 86.2 Å². The van der Waals surface area contributed by atoms with E-state index in [2.05, 4.69) is 24.3 Å². The second-order valence-electron chi connectivity index (χ2n) is 13.7. The molecule has 0 saturated heterocycles. The number of thiophene rings is 1. The average molecular weight is 771 g/mol. The number of nitrogens with zero attached hydrogens (tertiary/aromatic N) is 1. The molecule has 0 aliphatic rings. The minimum Gasteiger partial charge on any atom is -0.309 e. The van der Waals surface area contributed by atoms with Crippen molar-refractivity contribution in [3.05, 3.63) is 224 Å². The Morgan fingerprint density at radius 3 is 1.69 bits per heavy atom. The number of benzene rings is 10. The van der Waals surface area contributed by atoms with Gasteiger partial charge in [0, 0.05) is 26.8 Å². The fourth-order valence-electron chi connectivity index (χ4n) is 7.51. The Balaban J connectivity index is 1.16. The largest absolute Gasteiger partial charge is 0.309 e. The summed E-state index contributed by atoms with van der Waals surface area (Å²) in [6.45, 7) is 0. The summed E-state index contributed by atoms with van der Waals surface area (Å²) in [5.74, 6) is 0. The van der Waals surface area contributed by atoms with Gasteiger partial charge in [-0.2, -0.15) is 0 Å². The Morgan fingerprint density at radius 1 is 0.345 bits per heavy atom. The fourth-order valence-corrected chi connectivity index (χ4v) is 8.85. The molecule has 0 aliphatic carbocycles. The highest BCUT2D eigenvalue weighted by atomic mass is 32.1. The van der Waals surface area contributed by atoms with Crippen LogP contribution in [0.1, 0.15) is 20.6 Å². The van der Waals surface area contributed by atoms with Gasteiger partial charge in [-0.1, -0.05) is 182 Å². The third-order valence-electron chi connectivity index (χ3n) is 10.3. The molecule has 0 radical (unpaired) electrons. The number of rotatable bonds is 7. The Labute approximate surface area is 363 Å². The lowest BCUT2D eigenvalue weighted by Gasteiger charge is -2.26. The molecule has 58 heavy (non-hydrogen) atoms. The van der Waals surface area contributed by atoms with Gasteiger partial charge in [-0.15, -0.1) is 11.3 Å². The molecule has 0 bridgehead atoms. The first-order chi connectivity index (χ1) is 35.0. The molecular weight excluding hydrogens is 719 g/mol. The Kier molecular flexibility index (Phi) is 5.41. The minimum absolute atomic E-state index is 0.145. The molecule has 2 heteroatoms. The highest BCUT2D eigenvalue weighted by Gasteiger charge is 2.20. The van der Waals surface area contributed by atoms with E-state index in [4.69, 9.17) is 11.0 Å². The molecule has 0 aliphatic heterocycles. The molecule has 11 aromatic rings. The van der Waals surface area contributed by atoms with Gasteiger partial charge in [-0.25, -0.2) is 0 Å². The smallest absolute Gasteiger partial charge is 0.0645 e. The van der Waals surface area contributed by atoms with E-state index >= 15 is 0 Å². The van der Waals surface area contributed by atoms with Gasteiger partial charge in [0.2, 0.25) is 0 Å². The summed E-state index contributed by atoms with van der Waals surface area (Å²) in [6, 6.07) is 33.0. The standard InChI is InChI=1S/C56H37NS/c1-3-12-38(13-4-1)44-24-22-40-23-25-45(37-46(40)36-44)39-26-31-47(32-27-39)57(48-33-28-43(29-34-48)50-18-10-9-17-49(50)41-14-5-2-6-15-41)54-21-11-20-52-53-35-30-42-16-7-8-19-51(42)55(53)58-56(52)54/h1-37H/i1D,3D,4D,12D,13D,22D,23D,24D,25D,26D,27D,31D,32D,36D,37D. The molecular formula is C56H37NS. The van der Waals surface area contributed by atoms with Crippen LogP contribution < -0.4 is 4.90 Å². The van der Waals surface area contributed by atoms with Crippen molar-refractivity contribution >= 4 is 70.1 Å². The molecule has 0 saturated carbocycles. The summed E-state index contributed by atoms with van der Waals surface area (Å²) in [5.41, 5.74) is 2.59. The number of fused-ring (bicyclic) bond motifs is 6. The van der Waals surface area contributed by atoms with Crippen LogP contribution in [0.4, 0.5) is 17.1 Å². The zero-order chi connectivity index (χ0) is 51.5. The first kappa shape index (κ1) is 21.9. The Morgan fingerprint density at radius 2 is 0.948 bits per heavy atom. The molecule has 0 spiro atoms. The van der Waals surface area contributed by atoms with Gasteiger partial charge < -0.3 is 4.90 Å². The molecule has 10 aromatic carbocycles. The fraction of sp³-hybridized carbons (Fsp3) is 0. The van der Waals surface area contributed by atoms with Crippen LogP contribution in [0.15, 0.2) is 224 Å². The zero-order valence-corrected chi connectivity index (χ0v) is 31.4. The predicted octanol–water partition coefficient (Wildman–Crippen LogP) is 16.5. The highest BCUT2D eigenvalue weighted by Crippen LogP contribution is 2.47. The van der Waals surface area contributed by atoms with E-state index in [1.165, 1.54) is 0 Å². The Bertz CT molecular complexity index is 4100. The zero-order valence-electron chi connectivity index (χ0n) is 45.6. The second kappa shape index (κ2) is 14.4. The van der Waals surface area contributed by atoms with Crippen LogP contribution in [-0.2, 0) is 0 Å². The van der Waals surface area contributed by atoms with Crippen molar-refractivity contribution in [1.82, 2.24) is 0 Å². The molecule has 0 atom stereocenters. The maximum atomic E-state index is 9.81. The maximum Gasteiger partial charge on any atom is 0.0645 e. The molecule has 0 amide bonds. The summed E-state index contributed by atoms with van der Waals surface area (Å²) in [4.78, 5) is 1.69. The van der Waals surface area contributed by atoms with E-state index in [1.54, 1.807) is 16.2 Å². The van der Waals surface area contributed by atoms with E-state index in [-0.39, 0.29) is 5.69 Å². The van der Waals surface area contributed by atoms with Gasteiger partial charge in [-0.05, 0) is 108 Å². The van der Waals surface area contributed by atoms with E-state index in [0.29, 0.717) is 11.4 Å². The summed E-state index contributed by atoms with van der Waals surface area (Å²) in [5, 5.41) is 3.03. The van der Waals surface area contributed by atoms with Crippen LogP contribution in [0.3, 0.4) is 0 Å². The van der Waals surface area contributed by atoms with Crippen LogP contribution in [-0.4, -0.2) is 0 Å². The van der Waals surface area contributed by atoms with Crippen molar-refractivity contribution in [2.75, 3.05) is 4.90 Å². The summed E-state index contributed by atoms with van der Waals surface area (Å²) < 4.78 is 138. The monoisotopic (exact) mass is 770 g/mol. The van der Waals surface area contributed by atoms with Gasteiger partial charge in [0.05, 0.1) is 30.9 Å². The average Bonchev–Trinajstić information content (AvgIpc) is 3.80. The first-order valence-corrected chi connectivity index (χ1v) is 19.4. The molecule has 0 fully saturated rings. The molecule has 1 heterocycles. The van der Waals surface area contributed by atoms with Crippen molar-refractivity contribution in [2.24, 2.45) is 0 Å². The third kappa shape index (κ3) is 6.03. The molecule has 272 valence electrons. The topological polar surface area (TPSA) is 3.24 Å². The van der Waals surface area contributed by atoms with Crippen LogP contribution in [0, 0.1) is 0 Å². The van der Waals surface area contributed by atoms with Crippen molar-refractivity contribution in [1.29, 1.82) is 0 Å². The SMILES string of the molecule is [2H]c1c([2H])c([2H])c(-c2c([2H])c([2H])c3c([2H])c([2H])c(-c4c([2H])c([2H])c(N(c5ccc(-c6ccccc6-c6ccccc6)cc5)c5cccc6c5sc5c7ccccc7ccc65)c([2H])c4[2H])c([2H])c3c2[2H])c([2H])c1[2H]. The normalized spacial score (nSPS) is 15.1. The minimum atomic E-state index is -0.764. The van der Waals surface area contributed by atoms with Gasteiger partial charge >= 0.3 is 0 Å². The summed E-state index contributed by atoms with van der Waals surface area (Å²) >= 11 is 1.54. The number of hydrogen-bond acceptors (Lipinski definition) is 2.